The summed E-state index contributed by atoms with van der Waals surface area (Å²) in [6.45, 7) is 3.88. The maximum absolute atomic E-state index is 8.97. The van der Waals surface area contributed by atoms with Crippen LogP contribution in [0, 0.1) is 0 Å². The van der Waals surface area contributed by atoms with Gasteiger partial charge in [-0.05, 0) is 17.5 Å². The molecule has 1 aliphatic rings. The van der Waals surface area contributed by atoms with Crippen LogP contribution < -0.4 is 15.1 Å². The van der Waals surface area contributed by atoms with E-state index in [0.717, 1.165) is 49.8 Å². The van der Waals surface area contributed by atoms with Crippen molar-refractivity contribution in [1.82, 2.24) is 34.7 Å². The summed E-state index contributed by atoms with van der Waals surface area (Å²) in [6.07, 6.45) is 10.4. The SMILES string of the molecule is OCCCn1cc(Nc2ncnc(N3CCN(c4ncc(Cc5ccccc5)cn4)CC3)n2)cn1. The number of anilines is 4. The van der Waals surface area contributed by atoms with Gasteiger partial charge in [-0.1, -0.05) is 30.3 Å². The van der Waals surface area contributed by atoms with Crippen molar-refractivity contribution < 1.29 is 5.11 Å². The Morgan fingerprint density at radius 3 is 2.31 bits per heavy atom. The molecule has 4 aromatic rings. The van der Waals surface area contributed by atoms with Crippen molar-refractivity contribution in [3.05, 3.63) is 72.6 Å². The van der Waals surface area contributed by atoms with Crippen molar-refractivity contribution >= 4 is 23.5 Å². The molecule has 180 valence electrons. The van der Waals surface area contributed by atoms with Crippen LogP contribution in [0.4, 0.5) is 23.5 Å². The summed E-state index contributed by atoms with van der Waals surface area (Å²) in [5, 5.41) is 16.4. The van der Waals surface area contributed by atoms with Crippen molar-refractivity contribution in [2.75, 3.05) is 47.9 Å². The fourth-order valence-corrected chi connectivity index (χ4v) is 3.95. The average molecular weight is 473 g/mol. The number of nitrogens with zero attached hydrogens (tertiary/aromatic N) is 9. The molecule has 35 heavy (non-hydrogen) atoms. The van der Waals surface area contributed by atoms with Gasteiger partial charge in [-0.2, -0.15) is 10.1 Å². The smallest absolute Gasteiger partial charge is 0.232 e. The van der Waals surface area contributed by atoms with Crippen LogP contribution in [0.3, 0.4) is 0 Å². The van der Waals surface area contributed by atoms with E-state index in [4.69, 9.17) is 5.11 Å². The molecule has 3 aromatic heterocycles. The lowest BCUT2D eigenvalue weighted by Gasteiger charge is -2.34. The molecular formula is C24H28N10O. The van der Waals surface area contributed by atoms with Gasteiger partial charge in [0.05, 0.1) is 11.9 Å². The summed E-state index contributed by atoms with van der Waals surface area (Å²) in [4.78, 5) is 26.7. The Labute approximate surface area is 203 Å². The van der Waals surface area contributed by atoms with Crippen molar-refractivity contribution in [2.24, 2.45) is 0 Å². The summed E-state index contributed by atoms with van der Waals surface area (Å²) in [6, 6.07) is 10.3. The fraction of sp³-hybridized carbons (Fsp3) is 0.333. The minimum Gasteiger partial charge on any atom is -0.396 e. The molecule has 0 bridgehead atoms. The quantitative estimate of drug-likeness (QED) is 0.374. The highest BCUT2D eigenvalue weighted by atomic mass is 16.3. The largest absolute Gasteiger partial charge is 0.396 e. The van der Waals surface area contributed by atoms with Gasteiger partial charge < -0.3 is 20.2 Å². The molecule has 2 N–H and O–H groups in total. The fourth-order valence-electron chi connectivity index (χ4n) is 3.95. The minimum atomic E-state index is 0.137. The Morgan fingerprint density at radius 1 is 0.829 bits per heavy atom. The zero-order chi connectivity index (χ0) is 23.9. The van der Waals surface area contributed by atoms with Gasteiger partial charge in [-0.15, -0.1) is 0 Å². The van der Waals surface area contributed by atoms with Crippen molar-refractivity contribution in [2.45, 2.75) is 19.4 Å². The molecule has 0 atom stereocenters. The number of hydrogen-bond donors (Lipinski definition) is 2. The molecule has 0 unspecified atom stereocenters. The molecule has 1 aromatic carbocycles. The van der Waals surface area contributed by atoms with Gasteiger partial charge in [0.15, 0.2) is 0 Å². The van der Waals surface area contributed by atoms with Crippen LogP contribution in [-0.4, -0.2) is 72.6 Å². The summed E-state index contributed by atoms with van der Waals surface area (Å²) in [7, 11) is 0. The molecule has 0 spiro atoms. The van der Waals surface area contributed by atoms with Gasteiger partial charge in [0.1, 0.15) is 6.33 Å². The van der Waals surface area contributed by atoms with E-state index >= 15 is 0 Å². The van der Waals surface area contributed by atoms with Crippen LogP contribution in [0.15, 0.2) is 61.4 Å². The predicted molar refractivity (Wildman–Crippen MR) is 133 cm³/mol. The number of piperazine rings is 1. The lowest BCUT2D eigenvalue weighted by Crippen LogP contribution is -2.47. The van der Waals surface area contributed by atoms with Crippen LogP contribution in [-0.2, 0) is 13.0 Å². The van der Waals surface area contributed by atoms with Gasteiger partial charge in [-0.3, -0.25) is 4.68 Å². The minimum absolute atomic E-state index is 0.137. The second-order valence-corrected chi connectivity index (χ2v) is 8.33. The molecule has 1 aliphatic heterocycles. The van der Waals surface area contributed by atoms with Gasteiger partial charge >= 0.3 is 0 Å². The molecule has 1 saturated heterocycles. The zero-order valence-corrected chi connectivity index (χ0v) is 19.4. The number of rotatable bonds is 9. The Balaban J connectivity index is 1.16. The molecule has 5 rings (SSSR count). The molecule has 0 saturated carbocycles. The van der Waals surface area contributed by atoms with Crippen LogP contribution in [0.25, 0.3) is 0 Å². The van der Waals surface area contributed by atoms with E-state index in [1.165, 1.54) is 11.9 Å². The normalized spacial score (nSPS) is 13.7. The predicted octanol–water partition coefficient (Wildman–Crippen LogP) is 1.90. The van der Waals surface area contributed by atoms with Crippen LogP contribution in [0.1, 0.15) is 17.5 Å². The maximum Gasteiger partial charge on any atom is 0.232 e. The number of aryl methyl sites for hydroxylation is 1. The second-order valence-electron chi connectivity index (χ2n) is 8.33. The van der Waals surface area contributed by atoms with E-state index in [2.05, 4.69) is 57.3 Å². The summed E-state index contributed by atoms with van der Waals surface area (Å²) >= 11 is 0. The second kappa shape index (κ2) is 10.9. The summed E-state index contributed by atoms with van der Waals surface area (Å²) in [5.41, 5.74) is 3.14. The van der Waals surface area contributed by atoms with Crippen molar-refractivity contribution in [3.63, 3.8) is 0 Å². The third-order valence-electron chi connectivity index (χ3n) is 5.78. The van der Waals surface area contributed by atoms with Gasteiger partial charge in [0, 0.05) is 64.3 Å². The van der Waals surface area contributed by atoms with E-state index in [9.17, 15) is 0 Å². The van der Waals surface area contributed by atoms with E-state index in [0.29, 0.717) is 24.9 Å². The summed E-state index contributed by atoms with van der Waals surface area (Å²) < 4.78 is 1.77. The molecule has 11 heteroatoms. The van der Waals surface area contributed by atoms with E-state index in [1.807, 2.05) is 36.8 Å². The Morgan fingerprint density at radius 2 is 1.57 bits per heavy atom. The third kappa shape index (κ3) is 5.87. The lowest BCUT2D eigenvalue weighted by molar-refractivity contribution is 0.277. The van der Waals surface area contributed by atoms with Crippen molar-refractivity contribution in [1.29, 1.82) is 0 Å². The molecule has 0 radical (unpaired) electrons. The Kier molecular flexibility index (Phi) is 7.04. The number of aliphatic hydroxyl groups excluding tert-OH is 1. The van der Waals surface area contributed by atoms with Gasteiger partial charge in [-0.25, -0.2) is 19.9 Å². The molecule has 0 amide bonds. The van der Waals surface area contributed by atoms with Crippen LogP contribution >= 0.6 is 0 Å². The van der Waals surface area contributed by atoms with E-state index < -0.39 is 0 Å². The number of aliphatic hydroxyl groups is 1. The highest BCUT2D eigenvalue weighted by Gasteiger charge is 2.21. The molecule has 4 heterocycles. The first kappa shape index (κ1) is 22.7. The topological polar surface area (TPSA) is 121 Å². The first-order valence-electron chi connectivity index (χ1n) is 11.7. The monoisotopic (exact) mass is 472 g/mol. The Bertz CT molecular complexity index is 1210. The van der Waals surface area contributed by atoms with E-state index in [1.54, 1.807) is 10.9 Å². The number of hydrogen-bond acceptors (Lipinski definition) is 10. The molecule has 11 nitrogen and oxygen atoms in total. The third-order valence-corrected chi connectivity index (χ3v) is 5.78. The molecule has 0 aliphatic carbocycles. The summed E-state index contributed by atoms with van der Waals surface area (Å²) in [5.74, 6) is 1.85. The average Bonchev–Trinajstić information content (AvgIpc) is 3.36. The van der Waals surface area contributed by atoms with Gasteiger partial charge in [0.25, 0.3) is 0 Å². The first-order chi connectivity index (χ1) is 17.3. The van der Waals surface area contributed by atoms with Crippen molar-refractivity contribution in [3.8, 4) is 0 Å². The highest BCUT2D eigenvalue weighted by molar-refractivity contribution is 5.51. The first-order valence-corrected chi connectivity index (χ1v) is 11.7. The number of aromatic nitrogens is 7. The van der Waals surface area contributed by atoms with Crippen LogP contribution in [0.5, 0.6) is 0 Å². The maximum atomic E-state index is 8.97. The number of nitrogens with one attached hydrogen (secondary N) is 1. The highest BCUT2D eigenvalue weighted by Crippen LogP contribution is 2.18. The van der Waals surface area contributed by atoms with Crippen LogP contribution in [0.2, 0.25) is 0 Å². The molecular weight excluding hydrogens is 444 g/mol. The lowest BCUT2D eigenvalue weighted by atomic mass is 10.1. The van der Waals surface area contributed by atoms with E-state index in [-0.39, 0.29) is 6.61 Å². The Hall–Kier alpha value is -4.12. The number of benzene rings is 1. The zero-order valence-electron chi connectivity index (χ0n) is 19.4. The van der Waals surface area contributed by atoms with Gasteiger partial charge in [0.2, 0.25) is 17.8 Å². The standard InChI is InChI=1S/C24H28N10O/c35-12-4-7-34-17-21(16-29-34)30-22-27-18-28-24(31-22)33-10-8-32(9-11-33)23-25-14-20(15-26-23)13-19-5-2-1-3-6-19/h1-3,5-6,14-18,35H,4,7-13H2,(H,27,28,30,31). The molecule has 1 fully saturated rings.